The first kappa shape index (κ1) is 26.9. The van der Waals surface area contributed by atoms with Crippen LogP contribution in [0.15, 0.2) is 158 Å². The molecule has 3 heterocycles. The molecule has 0 bridgehead atoms. The molecule has 0 amide bonds. The fourth-order valence-corrected chi connectivity index (χ4v) is 7.69. The van der Waals surface area contributed by atoms with E-state index < -0.39 is 0 Å². The van der Waals surface area contributed by atoms with Gasteiger partial charge in [0.2, 0.25) is 0 Å². The monoisotopic (exact) mass is 616 g/mol. The third-order valence-corrected chi connectivity index (χ3v) is 9.99. The van der Waals surface area contributed by atoms with Crippen LogP contribution in [0.4, 0.5) is 11.4 Å². The van der Waals surface area contributed by atoms with E-state index in [1.165, 1.54) is 71.6 Å². The van der Waals surface area contributed by atoms with Crippen molar-refractivity contribution in [2.24, 2.45) is 0 Å². The summed E-state index contributed by atoms with van der Waals surface area (Å²) in [4.78, 5) is 3.83. The quantitative estimate of drug-likeness (QED) is 0.184. The summed E-state index contributed by atoms with van der Waals surface area (Å²) in [5.41, 5.74) is 14.3. The fraction of sp³-hybridized carbons (Fsp3) is 0.0455. The van der Waals surface area contributed by atoms with Crippen LogP contribution in [0.2, 0.25) is 0 Å². The molecule has 9 aromatic rings. The zero-order valence-corrected chi connectivity index (χ0v) is 26.2. The molecule has 4 heteroatoms. The predicted molar refractivity (Wildman–Crippen MR) is 202 cm³/mol. The highest BCUT2D eigenvalue weighted by atomic mass is 15.1. The van der Waals surface area contributed by atoms with Gasteiger partial charge in [0.15, 0.2) is 0 Å². The van der Waals surface area contributed by atoms with Crippen molar-refractivity contribution in [2.45, 2.75) is 6.04 Å². The van der Waals surface area contributed by atoms with Crippen molar-refractivity contribution in [1.29, 1.82) is 0 Å². The van der Waals surface area contributed by atoms with E-state index in [4.69, 9.17) is 0 Å². The number of hydrogen-bond acceptors (Lipinski definition) is 2. The third kappa shape index (κ3) is 4.23. The summed E-state index contributed by atoms with van der Waals surface area (Å²) in [5.74, 6) is 0. The van der Waals surface area contributed by atoms with Gasteiger partial charge in [-0.1, -0.05) is 91.0 Å². The van der Waals surface area contributed by atoms with Crippen LogP contribution >= 0.6 is 0 Å². The van der Waals surface area contributed by atoms with E-state index in [2.05, 4.69) is 178 Å². The summed E-state index contributed by atoms with van der Waals surface area (Å²) in [6.07, 6.45) is 0. The van der Waals surface area contributed by atoms with Crippen molar-refractivity contribution in [2.75, 3.05) is 17.2 Å². The molecule has 1 aliphatic rings. The summed E-state index contributed by atoms with van der Waals surface area (Å²) in [7, 11) is 0. The SMILES string of the molecule is c1ccc(-c2cc(C3CNc4ccccc4N3)c3[nH]c4ccc(-c5ccc6c(c5)c5ccccc5n6-c5ccccc5)cc4c3c2)cc1. The Bertz CT molecular complexity index is 2650. The van der Waals surface area contributed by atoms with Gasteiger partial charge in [0.05, 0.1) is 34.0 Å². The van der Waals surface area contributed by atoms with Gasteiger partial charge in [-0.25, -0.2) is 0 Å². The highest BCUT2D eigenvalue weighted by Gasteiger charge is 2.23. The summed E-state index contributed by atoms with van der Waals surface area (Å²) in [6.45, 7) is 0.807. The molecule has 1 atom stereocenters. The molecule has 0 saturated heterocycles. The Kier molecular flexibility index (Phi) is 5.97. The number of benzene rings is 7. The van der Waals surface area contributed by atoms with E-state index in [1.807, 2.05) is 0 Å². The number of nitrogens with one attached hydrogen (secondary N) is 3. The van der Waals surface area contributed by atoms with E-state index in [1.54, 1.807) is 0 Å². The summed E-state index contributed by atoms with van der Waals surface area (Å²) >= 11 is 0. The lowest BCUT2D eigenvalue weighted by atomic mass is 9.94. The molecule has 0 fully saturated rings. The summed E-state index contributed by atoms with van der Waals surface area (Å²) < 4.78 is 2.37. The van der Waals surface area contributed by atoms with Crippen molar-refractivity contribution in [1.82, 2.24) is 9.55 Å². The first-order chi connectivity index (χ1) is 23.8. The Labute approximate surface area is 278 Å². The second-order valence-electron chi connectivity index (χ2n) is 12.8. The van der Waals surface area contributed by atoms with Gasteiger partial charge >= 0.3 is 0 Å². The average Bonchev–Trinajstić information content (AvgIpc) is 3.70. The highest BCUT2D eigenvalue weighted by molar-refractivity contribution is 6.13. The van der Waals surface area contributed by atoms with Crippen molar-refractivity contribution in [3.8, 4) is 27.9 Å². The van der Waals surface area contributed by atoms with Crippen molar-refractivity contribution in [3.63, 3.8) is 0 Å². The van der Waals surface area contributed by atoms with Gasteiger partial charge in [0.1, 0.15) is 0 Å². The largest absolute Gasteiger partial charge is 0.381 e. The lowest BCUT2D eigenvalue weighted by molar-refractivity contribution is 0.809. The maximum Gasteiger partial charge on any atom is 0.0707 e. The van der Waals surface area contributed by atoms with Gasteiger partial charge in [-0.2, -0.15) is 0 Å². The summed E-state index contributed by atoms with van der Waals surface area (Å²) in [5, 5.41) is 12.5. The topological polar surface area (TPSA) is 44.8 Å². The van der Waals surface area contributed by atoms with Crippen molar-refractivity contribution < 1.29 is 0 Å². The number of para-hydroxylation sites is 4. The normalized spacial score (nSPS) is 14.3. The van der Waals surface area contributed by atoms with Crippen molar-refractivity contribution in [3.05, 3.63) is 163 Å². The minimum Gasteiger partial charge on any atom is -0.381 e. The average molecular weight is 617 g/mol. The van der Waals surface area contributed by atoms with Crippen LogP contribution in [0.25, 0.3) is 71.6 Å². The molecule has 0 aliphatic carbocycles. The molecule has 1 unspecified atom stereocenters. The number of aromatic amines is 1. The maximum atomic E-state index is 3.83. The lowest BCUT2D eigenvalue weighted by Gasteiger charge is -2.29. The Hall–Kier alpha value is -6.26. The number of anilines is 2. The third-order valence-electron chi connectivity index (χ3n) is 9.99. The fourth-order valence-electron chi connectivity index (χ4n) is 7.69. The molecule has 4 nitrogen and oxygen atoms in total. The van der Waals surface area contributed by atoms with Crippen LogP contribution in [0.3, 0.4) is 0 Å². The second-order valence-corrected chi connectivity index (χ2v) is 12.8. The van der Waals surface area contributed by atoms with Gasteiger partial charge in [0, 0.05) is 44.9 Å². The number of hydrogen-bond donors (Lipinski definition) is 3. The van der Waals surface area contributed by atoms with E-state index in [-0.39, 0.29) is 6.04 Å². The zero-order valence-electron chi connectivity index (χ0n) is 26.2. The maximum absolute atomic E-state index is 3.83. The predicted octanol–water partition coefficient (Wildman–Crippen LogP) is 11.3. The molecule has 0 radical (unpaired) electrons. The van der Waals surface area contributed by atoms with Crippen LogP contribution in [0.1, 0.15) is 11.6 Å². The molecule has 1 aliphatic heterocycles. The molecule has 0 spiro atoms. The van der Waals surface area contributed by atoms with Crippen molar-refractivity contribution >= 4 is 55.0 Å². The Morgan fingerprint density at radius 3 is 2.00 bits per heavy atom. The molecule has 0 saturated carbocycles. The minimum atomic E-state index is 0.114. The number of H-pyrrole nitrogens is 1. The van der Waals surface area contributed by atoms with E-state index in [0.717, 1.165) is 23.4 Å². The smallest absolute Gasteiger partial charge is 0.0707 e. The van der Waals surface area contributed by atoms with E-state index in [9.17, 15) is 0 Å². The first-order valence-electron chi connectivity index (χ1n) is 16.6. The van der Waals surface area contributed by atoms with E-state index >= 15 is 0 Å². The van der Waals surface area contributed by atoms with Gasteiger partial charge in [-0.05, 0) is 89.0 Å². The van der Waals surface area contributed by atoms with Crippen LogP contribution in [0, 0.1) is 0 Å². The van der Waals surface area contributed by atoms with Crippen LogP contribution < -0.4 is 10.6 Å². The molecule has 10 rings (SSSR count). The summed E-state index contributed by atoms with van der Waals surface area (Å²) in [6, 6.07) is 57.2. The molecule has 228 valence electrons. The Morgan fingerprint density at radius 1 is 0.479 bits per heavy atom. The number of rotatable bonds is 4. The number of nitrogens with zero attached hydrogens (tertiary/aromatic N) is 1. The van der Waals surface area contributed by atoms with Gasteiger partial charge in [-0.15, -0.1) is 0 Å². The zero-order chi connectivity index (χ0) is 31.6. The first-order valence-corrected chi connectivity index (χ1v) is 16.6. The minimum absolute atomic E-state index is 0.114. The molecule has 3 N–H and O–H groups in total. The van der Waals surface area contributed by atoms with Gasteiger partial charge < -0.3 is 20.2 Å². The van der Waals surface area contributed by atoms with Gasteiger partial charge in [-0.3, -0.25) is 0 Å². The molecule has 2 aromatic heterocycles. The molecule has 48 heavy (non-hydrogen) atoms. The number of aromatic nitrogens is 2. The Morgan fingerprint density at radius 2 is 1.15 bits per heavy atom. The molecular formula is C44H32N4. The second kappa shape index (κ2) is 10.6. The van der Waals surface area contributed by atoms with E-state index in [0.29, 0.717) is 0 Å². The van der Waals surface area contributed by atoms with Crippen LogP contribution in [-0.2, 0) is 0 Å². The standard InChI is InChI=1S/C44H32N4/c1-3-11-28(12-4-1)31-25-36-34-23-29(19-21-38(34)47-44(36)37(26-31)41-27-45-39-16-8-9-17-40(39)46-41)30-20-22-43-35(24-30)33-15-7-10-18-42(33)48(43)32-13-5-2-6-14-32/h1-26,41,45-47H,27H2. The van der Waals surface area contributed by atoms with Crippen LogP contribution in [0.5, 0.6) is 0 Å². The number of fused-ring (bicyclic) bond motifs is 7. The Balaban J connectivity index is 1.15. The lowest BCUT2D eigenvalue weighted by Crippen LogP contribution is -2.26. The van der Waals surface area contributed by atoms with Gasteiger partial charge in [0.25, 0.3) is 0 Å². The molecule has 7 aromatic carbocycles. The highest BCUT2D eigenvalue weighted by Crippen LogP contribution is 2.41. The molecular weight excluding hydrogens is 585 g/mol. The van der Waals surface area contributed by atoms with Crippen LogP contribution in [-0.4, -0.2) is 16.1 Å².